The summed E-state index contributed by atoms with van der Waals surface area (Å²) in [7, 11) is 0. The second-order valence-electron chi connectivity index (χ2n) is 4.53. The standard InChI is InChI=1S/C11H19N5O/c1-9(3-2-4-12)11(17)15-5-6-16-8-13-14-10(16)7-15/h8-9H,2-7,12H2,1H3. The van der Waals surface area contributed by atoms with Gasteiger partial charge in [0.05, 0.1) is 6.54 Å². The summed E-state index contributed by atoms with van der Waals surface area (Å²) in [4.78, 5) is 14.0. The summed E-state index contributed by atoms with van der Waals surface area (Å²) in [6, 6.07) is 0. The molecule has 0 radical (unpaired) electrons. The monoisotopic (exact) mass is 237 g/mol. The van der Waals surface area contributed by atoms with Gasteiger partial charge in [-0.2, -0.15) is 0 Å². The third kappa shape index (κ3) is 2.63. The quantitative estimate of drug-likeness (QED) is 0.799. The lowest BCUT2D eigenvalue weighted by Crippen LogP contribution is -2.41. The van der Waals surface area contributed by atoms with E-state index >= 15 is 0 Å². The van der Waals surface area contributed by atoms with Gasteiger partial charge in [-0.05, 0) is 19.4 Å². The molecule has 1 aliphatic heterocycles. The molecule has 0 aliphatic carbocycles. The van der Waals surface area contributed by atoms with Crippen LogP contribution in [-0.2, 0) is 17.9 Å². The molecule has 0 bridgehead atoms. The molecule has 1 aromatic rings. The Morgan fingerprint density at radius 3 is 3.18 bits per heavy atom. The number of carbonyl (C=O) groups excluding carboxylic acids is 1. The van der Waals surface area contributed by atoms with Gasteiger partial charge in [-0.15, -0.1) is 10.2 Å². The van der Waals surface area contributed by atoms with Crippen LogP contribution in [0.15, 0.2) is 6.33 Å². The topological polar surface area (TPSA) is 77.0 Å². The van der Waals surface area contributed by atoms with Crippen molar-refractivity contribution >= 4 is 5.91 Å². The molecule has 2 rings (SSSR count). The van der Waals surface area contributed by atoms with Gasteiger partial charge in [0, 0.05) is 19.0 Å². The zero-order valence-electron chi connectivity index (χ0n) is 10.2. The predicted octanol–water partition coefficient (Wildman–Crippen LogP) is -0.00470. The zero-order valence-corrected chi connectivity index (χ0v) is 10.2. The summed E-state index contributed by atoms with van der Waals surface area (Å²) in [6.45, 7) is 4.73. The molecule has 2 heterocycles. The van der Waals surface area contributed by atoms with Crippen LogP contribution in [0, 0.1) is 5.92 Å². The fraction of sp³-hybridized carbons (Fsp3) is 0.727. The molecule has 2 N–H and O–H groups in total. The highest BCUT2D eigenvalue weighted by atomic mass is 16.2. The summed E-state index contributed by atoms with van der Waals surface area (Å²) < 4.78 is 1.99. The van der Waals surface area contributed by atoms with Gasteiger partial charge in [-0.3, -0.25) is 4.79 Å². The average Bonchev–Trinajstić information content (AvgIpc) is 2.81. The molecule has 94 valence electrons. The molecule has 0 spiro atoms. The summed E-state index contributed by atoms with van der Waals surface area (Å²) in [6.07, 6.45) is 3.48. The van der Waals surface area contributed by atoms with Gasteiger partial charge in [0.25, 0.3) is 0 Å². The Kier molecular flexibility index (Phi) is 3.73. The minimum absolute atomic E-state index is 0.0491. The van der Waals surface area contributed by atoms with Crippen LogP contribution in [0.25, 0.3) is 0 Å². The first-order chi connectivity index (χ1) is 8.22. The van der Waals surface area contributed by atoms with E-state index < -0.39 is 0 Å². The highest BCUT2D eigenvalue weighted by Gasteiger charge is 2.25. The van der Waals surface area contributed by atoms with E-state index in [2.05, 4.69) is 10.2 Å². The fourth-order valence-corrected chi connectivity index (χ4v) is 2.11. The van der Waals surface area contributed by atoms with Gasteiger partial charge >= 0.3 is 0 Å². The Hall–Kier alpha value is -1.43. The van der Waals surface area contributed by atoms with E-state index in [1.807, 2.05) is 16.4 Å². The van der Waals surface area contributed by atoms with Crippen molar-refractivity contribution in [2.24, 2.45) is 11.7 Å². The first-order valence-electron chi connectivity index (χ1n) is 6.08. The van der Waals surface area contributed by atoms with Crippen molar-refractivity contribution in [3.05, 3.63) is 12.2 Å². The highest BCUT2D eigenvalue weighted by Crippen LogP contribution is 2.15. The summed E-state index contributed by atoms with van der Waals surface area (Å²) in [5, 5.41) is 7.86. The molecule has 0 saturated carbocycles. The number of rotatable bonds is 4. The lowest BCUT2D eigenvalue weighted by Gasteiger charge is -2.29. The number of carbonyl (C=O) groups is 1. The van der Waals surface area contributed by atoms with Crippen molar-refractivity contribution in [3.63, 3.8) is 0 Å². The van der Waals surface area contributed by atoms with Crippen molar-refractivity contribution in [3.8, 4) is 0 Å². The van der Waals surface area contributed by atoms with Crippen LogP contribution in [0.1, 0.15) is 25.6 Å². The van der Waals surface area contributed by atoms with Gasteiger partial charge in [-0.25, -0.2) is 0 Å². The summed E-state index contributed by atoms with van der Waals surface area (Å²) in [5.74, 6) is 1.12. The van der Waals surface area contributed by atoms with Crippen molar-refractivity contribution in [1.82, 2.24) is 19.7 Å². The number of nitrogens with two attached hydrogens (primary N) is 1. The smallest absolute Gasteiger partial charge is 0.225 e. The van der Waals surface area contributed by atoms with Gasteiger partial charge in [0.2, 0.25) is 5.91 Å². The molecule has 6 nitrogen and oxygen atoms in total. The Bertz CT molecular complexity index is 389. The molecule has 0 aromatic carbocycles. The Balaban J connectivity index is 1.93. The largest absolute Gasteiger partial charge is 0.333 e. The Morgan fingerprint density at radius 2 is 2.41 bits per heavy atom. The molecule has 1 amide bonds. The summed E-state index contributed by atoms with van der Waals surface area (Å²) >= 11 is 0. The normalized spacial score (nSPS) is 16.7. The number of hydrogen-bond acceptors (Lipinski definition) is 4. The Labute approximate surface area is 101 Å². The highest BCUT2D eigenvalue weighted by molar-refractivity contribution is 5.78. The van der Waals surface area contributed by atoms with E-state index in [-0.39, 0.29) is 11.8 Å². The molecule has 0 fully saturated rings. The molecular weight excluding hydrogens is 218 g/mol. The maximum atomic E-state index is 12.2. The molecule has 1 unspecified atom stereocenters. The van der Waals surface area contributed by atoms with E-state index in [1.54, 1.807) is 6.33 Å². The second-order valence-corrected chi connectivity index (χ2v) is 4.53. The molecule has 1 aliphatic rings. The van der Waals surface area contributed by atoms with E-state index in [1.165, 1.54) is 0 Å². The van der Waals surface area contributed by atoms with E-state index in [0.29, 0.717) is 13.1 Å². The van der Waals surface area contributed by atoms with Gasteiger partial charge in [-0.1, -0.05) is 6.92 Å². The maximum absolute atomic E-state index is 12.2. The molecule has 0 saturated heterocycles. The number of hydrogen-bond donors (Lipinski definition) is 1. The summed E-state index contributed by atoms with van der Waals surface area (Å²) in [5.41, 5.74) is 5.46. The van der Waals surface area contributed by atoms with Gasteiger partial charge < -0.3 is 15.2 Å². The van der Waals surface area contributed by atoms with Crippen molar-refractivity contribution in [2.75, 3.05) is 13.1 Å². The van der Waals surface area contributed by atoms with E-state index in [0.717, 1.165) is 31.8 Å². The second kappa shape index (κ2) is 5.27. The van der Waals surface area contributed by atoms with Crippen molar-refractivity contribution < 1.29 is 4.79 Å². The van der Waals surface area contributed by atoms with Crippen LogP contribution in [0.2, 0.25) is 0 Å². The SMILES string of the molecule is CC(CCCN)C(=O)N1CCn2cnnc2C1. The fourth-order valence-electron chi connectivity index (χ4n) is 2.11. The number of amides is 1. The van der Waals surface area contributed by atoms with Crippen LogP contribution in [0.4, 0.5) is 0 Å². The van der Waals surface area contributed by atoms with Crippen LogP contribution in [0.3, 0.4) is 0 Å². The molecule has 6 heteroatoms. The van der Waals surface area contributed by atoms with Crippen molar-refractivity contribution in [1.29, 1.82) is 0 Å². The van der Waals surface area contributed by atoms with Crippen LogP contribution in [0.5, 0.6) is 0 Å². The lowest BCUT2D eigenvalue weighted by atomic mass is 10.0. The first kappa shape index (κ1) is 12.0. The van der Waals surface area contributed by atoms with Gasteiger partial charge in [0.15, 0.2) is 5.82 Å². The average molecular weight is 237 g/mol. The molecule has 1 atom stereocenters. The molecular formula is C11H19N5O. The number of aromatic nitrogens is 3. The molecule has 17 heavy (non-hydrogen) atoms. The predicted molar refractivity (Wildman–Crippen MR) is 62.9 cm³/mol. The first-order valence-corrected chi connectivity index (χ1v) is 6.08. The number of fused-ring (bicyclic) bond motifs is 1. The minimum atomic E-state index is 0.0491. The third-order valence-corrected chi connectivity index (χ3v) is 3.21. The minimum Gasteiger partial charge on any atom is -0.333 e. The maximum Gasteiger partial charge on any atom is 0.225 e. The number of nitrogens with zero attached hydrogens (tertiary/aromatic N) is 4. The third-order valence-electron chi connectivity index (χ3n) is 3.21. The van der Waals surface area contributed by atoms with E-state index in [9.17, 15) is 4.79 Å². The van der Waals surface area contributed by atoms with Crippen LogP contribution in [-0.4, -0.2) is 38.7 Å². The lowest BCUT2D eigenvalue weighted by molar-refractivity contribution is -0.136. The van der Waals surface area contributed by atoms with Gasteiger partial charge in [0.1, 0.15) is 6.33 Å². The van der Waals surface area contributed by atoms with Crippen LogP contribution < -0.4 is 5.73 Å². The van der Waals surface area contributed by atoms with E-state index in [4.69, 9.17) is 5.73 Å². The zero-order chi connectivity index (χ0) is 12.3. The Morgan fingerprint density at radius 1 is 1.59 bits per heavy atom. The van der Waals surface area contributed by atoms with Crippen LogP contribution >= 0.6 is 0 Å². The van der Waals surface area contributed by atoms with Crippen molar-refractivity contribution in [2.45, 2.75) is 32.9 Å². The molecule has 1 aromatic heterocycles.